The zero-order chi connectivity index (χ0) is 15.0. The van der Waals surface area contributed by atoms with E-state index in [0.29, 0.717) is 6.54 Å². The molecule has 3 amide bonds. The van der Waals surface area contributed by atoms with Crippen molar-refractivity contribution >= 4 is 11.9 Å². The minimum absolute atomic E-state index is 0.217. The standard InChI is InChI=1S/C15H27N3O2/c1-4-18(10-12(2)3)11-14(19)17-15(20)16-13-8-6-5-7-9-13/h13H,2,4-11H2,1,3H3,(H2,16,17,19,20). The molecule has 1 aliphatic carbocycles. The van der Waals surface area contributed by atoms with Crippen molar-refractivity contribution in [1.82, 2.24) is 15.5 Å². The average Bonchev–Trinajstić information content (AvgIpc) is 2.38. The lowest BCUT2D eigenvalue weighted by Gasteiger charge is -2.23. The number of hydrogen-bond donors (Lipinski definition) is 2. The lowest BCUT2D eigenvalue weighted by atomic mass is 9.96. The first-order valence-corrected chi connectivity index (χ1v) is 7.48. The number of amides is 3. The Kier molecular flexibility index (Phi) is 7.30. The van der Waals surface area contributed by atoms with E-state index in [9.17, 15) is 9.59 Å². The summed E-state index contributed by atoms with van der Waals surface area (Å²) in [5.74, 6) is -0.263. The second kappa shape index (κ2) is 8.74. The third-order valence-corrected chi connectivity index (χ3v) is 3.50. The second-order valence-corrected chi connectivity index (χ2v) is 5.62. The highest BCUT2D eigenvalue weighted by Gasteiger charge is 2.17. The highest BCUT2D eigenvalue weighted by atomic mass is 16.2. The maximum absolute atomic E-state index is 11.8. The van der Waals surface area contributed by atoms with E-state index in [2.05, 4.69) is 17.2 Å². The van der Waals surface area contributed by atoms with Crippen molar-refractivity contribution < 1.29 is 9.59 Å². The van der Waals surface area contributed by atoms with Gasteiger partial charge in [-0.1, -0.05) is 38.3 Å². The molecular formula is C15H27N3O2. The van der Waals surface area contributed by atoms with Crippen LogP contribution in [0.15, 0.2) is 12.2 Å². The first kappa shape index (κ1) is 16.7. The van der Waals surface area contributed by atoms with Crippen LogP contribution in [0.1, 0.15) is 46.0 Å². The van der Waals surface area contributed by atoms with Crippen LogP contribution in [-0.2, 0) is 4.79 Å². The number of carbonyl (C=O) groups excluding carboxylic acids is 2. The molecule has 0 saturated heterocycles. The van der Waals surface area contributed by atoms with Crippen molar-refractivity contribution in [1.29, 1.82) is 0 Å². The van der Waals surface area contributed by atoms with Crippen molar-refractivity contribution in [3.63, 3.8) is 0 Å². The van der Waals surface area contributed by atoms with Gasteiger partial charge in [0, 0.05) is 12.6 Å². The van der Waals surface area contributed by atoms with E-state index in [-0.39, 0.29) is 24.5 Å². The number of imide groups is 1. The number of rotatable bonds is 6. The largest absolute Gasteiger partial charge is 0.335 e. The third-order valence-electron chi connectivity index (χ3n) is 3.50. The van der Waals surface area contributed by atoms with Crippen LogP contribution in [0.2, 0.25) is 0 Å². The lowest BCUT2D eigenvalue weighted by Crippen LogP contribution is -2.48. The van der Waals surface area contributed by atoms with Crippen molar-refractivity contribution in [3.05, 3.63) is 12.2 Å². The van der Waals surface area contributed by atoms with Crippen LogP contribution in [0.3, 0.4) is 0 Å². The van der Waals surface area contributed by atoms with Crippen LogP contribution in [-0.4, -0.2) is 42.5 Å². The van der Waals surface area contributed by atoms with Gasteiger partial charge in [-0.15, -0.1) is 0 Å². The second-order valence-electron chi connectivity index (χ2n) is 5.62. The van der Waals surface area contributed by atoms with Gasteiger partial charge in [-0.25, -0.2) is 4.79 Å². The molecular weight excluding hydrogens is 254 g/mol. The Morgan fingerprint density at radius 1 is 1.20 bits per heavy atom. The fourth-order valence-corrected chi connectivity index (χ4v) is 2.50. The number of nitrogens with zero attached hydrogens (tertiary/aromatic N) is 1. The van der Waals surface area contributed by atoms with Gasteiger partial charge in [-0.2, -0.15) is 0 Å². The molecule has 0 bridgehead atoms. The molecule has 0 heterocycles. The summed E-state index contributed by atoms with van der Waals surface area (Å²) in [6.45, 7) is 9.40. The van der Waals surface area contributed by atoms with Gasteiger partial charge < -0.3 is 5.32 Å². The number of urea groups is 1. The molecule has 1 fully saturated rings. The fourth-order valence-electron chi connectivity index (χ4n) is 2.50. The van der Waals surface area contributed by atoms with E-state index in [0.717, 1.165) is 37.8 Å². The Morgan fingerprint density at radius 3 is 2.40 bits per heavy atom. The molecule has 0 aliphatic heterocycles. The van der Waals surface area contributed by atoms with Gasteiger partial charge >= 0.3 is 6.03 Å². The van der Waals surface area contributed by atoms with Crippen LogP contribution >= 0.6 is 0 Å². The van der Waals surface area contributed by atoms with Crippen molar-refractivity contribution in [3.8, 4) is 0 Å². The molecule has 5 heteroatoms. The first-order valence-electron chi connectivity index (χ1n) is 7.48. The molecule has 2 N–H and O–H groups in total. The Morgan fingerprint density at radius 2 is 1.85 bits per heavy atom. The average molecular weight is 281 g/mol. The summed E-state index contributed by atoms with van der Waals surface area (Å²) < 4.78 is 0. The summed E-state index contributed by atoms with van der Waals surface area (Å²) in [4.78, 5) is 25.5. The molecule has 114 valence electrons. The lowest BCUT2D eigenvalue weighted by molar-refractivity contribution is -0.121. The van der Waals surface area contributed by atoms with Gasteiger partial charge in [-0.05, 0) is 26.3 Å². The molecule has 0 unspecified atom stereocenters. The quantitative estimate of drug-likeness (QED) is 0.732. The summed E-state index contributed by atoms with van der Waals surface area (Å²) in [5.41, 5.74) is 1.01. The number of hydrogen-bond acceptors (Lipinski definition) is 3. The maximum atomic E-state index is 11.8. The number of carbonyl (C=O) groups is 2. The van der Waals surface area contributed by atoms with Gasteiger partial charge in [0.05, 0.1) is 6.54 Å². The van der Waals surface area contributed by atoms with Crippen LogP contribution in [0, 0.1) is 0 Å². The predicted octanol–water partition coefficient (Wildman–Crippen LogP) is 2.04. The molecule has 0 spiro atoms. The van der Waals surface area contributed by atoms with E-state index < -0.39 is 0 Å². The Labute approximate surface area is 121 Å². The molecule has 5 nitrogen and oxygen atoms in total. The van der Waals surface area contributed by atoms with Crippen molar-refractivity contribution in [2.24, 2.45) is 0 Å². The molecule has 1 saturated carbocycles. The Balaban J connectivity index is 2.29. The molecule has 1 rings (SSSR count). The topological polar surface area (TPSA) is 61.4 Å². The van der Waals surface area contributed by atoms with Crippen LogP contribution in [0.25, 0.3) is 0 Å². The van der Waals surface area contributed by atoms with Crippen LogP contribution < -0.4 is 10.6 Å². The van der Waals surface area contributed by atoms with E-state index >= 15 is 0 Å². The van der Waals surface area contributed by atoms with Crippen LogP contribution in [0.5, 0.6) is 0 Å². The van der Waals surface area contributed by atoms with E-state index in [1.807, 2.05) is 18.7 Å². The number of likely N-dealkylation sites (N-methyl/N-ethyl adjacent to an activating group) is 1. The monoisotopic (exact) mass is 281 g/mol. The van der Waals surface area contributed by atoms with Gasteiger partial charge in [0.2, 0.25) is 5.91 Å². The molecule has 0 radical (unpaired) electrons. The van der Waals surface area contributed by atoms with Gasteiger partial charge in [0.25, 0.3) is 0 Å². The molecule has 0 aromatic heterocycles. The zero-order valence-electron chi connectivity index (χ0n) is 12.7. The van der Waals surface area contributed by atoms with Crippen molar-refractivity contribution in [2.75, 3.05) is 19.6 Å². The minimum atomic E-state index is -0.367. The SMILES string of the molecule is C=C(C)CN(CC)CC(=O)NC(=O)NC1CCCCC1. The fraction of sp³-hybridized carbons (Fsp3) is 0.733. The van der Waals surface area contributed by atoms with E-state index in [4.69, 9.17) is 0 Å². The Hall–Kier alpha value is -1.36. The van der Waals surface area contributed by atoms with Gasteiger partial charge in [0.15, 0.2) is 0 Å². The van der Waals surface area contributed by atoms with Crippen LogP contribution in [0.4, 0.5) is 4.79 Å². The highest BCUT2D eigenvalue weighted by Crippen LogP contribution is 2.17. The first-order chi connectivity index (χ1) is 9.51. The minimum Gasteiger partial charge on any atom is -0.335 e. The van der Waals surface area contributed by atoms with Crippen molar-refractivity contribution in [2.45, 2.75) is 52.0 Å². The smallest absolute Gasteiger partial charge is 0.321 e. The summed E-state index contributed by atoms with van der Waals surface area (Å²) >= 11 is 0. The van der Waals surface area contributed by atoms with Gasteiger partial charge in [0.1, 0.15) is 0 Å². The number of nitrogens with one attached hydrogen (secondary N) is 2. The molecule has 0 aromatic carbocycles. The molecule has 0 atom stereocenters. The maximum Gasteiger partial charge on any atom is 0.321 e. The Bertz CT molecular complexity index is 349. The molecule has 20 heavy (non-hydrogen) atoms. The summed E-state index contributed by atoms with van der Waals surface area (Å²) in [7, 11) is 0. The third kappa shape index (κ3) is 6.70. The normalized spacial score (nSPS) is 15.9. The highest BCUT2D eigenvalue weighted by molar-refractivity contribution is 5.95. The molecule has 1 aliphatic rings. The summed E-state index contributed by atoms with van der Waals surface area (Å²) in [6, 6.07) is -0.150. The summed E-state index contributed by atoms with van der Waals surface area (Å²) in [5, 5.41) is 5.28. The van der Waals surface area contributed by atoms with E-state index in [1.165, 1.54) is 6.42 Å². The summed E-state index contributed by atoms with van der Waals surface area (Å²) in [6.07, 6.45) is 5.57. The van der Waals surface area contributed by atoms with E-state index in [1.54, 1.807) is 0 Å². The zero-order valence-corrected chi connectivity index (χ0v) is 12.7. The molecule has 0 aromatic rings. The predicted molar refractivity (Wildman–Crippen MR) is 80.5 cm³/mol. The van der Waals surface area contributed by atoms with Gasteiger partial charge in [-0.3, -0.25) is 15.0 Å².